The normalized spacial score (nSPS) is 12.9. The van der Waals surface area contributed by atoms with Gasteiger partial charge in [0.25, 0.3) is 0 Å². The molecule has 3 aromatic rings. The van der Waals surface area contributed by atoms with Crippen molar-refractivity contribution >= 4 is 35.3 Å². The molecule has 3 N–H and O–H groups in total. The molecular formula is C27H25ClN2O5. The third kappa shape index (κ3) is 5.46. The standard InChI is InChI=1S/C27H25ClN2O5/c1-2-17(14-25(31)30-24-13-16(28)11-12-22(24)26(32)33)29-27(34)35-15-23-20-9-5-3-7-18(20)19-8-4-6-10-21(19)23/h3-13,17,23H,2,14-15H2,1H3,(H,29,34)(H,30,31)(H,32,33)/t17-/m0/s1. The summed E-state index contributed by atoms with van der Waals surface area (Å²) < 4.78 is 5.56. The van der Waals surface area contributed by atoms with E-state index < -0.39 is 24.0 Å². The number of ether oxygens (including phenoxy) is 1. The van der Waals surface area contributed by atoms with Gasteiger partial charge in [-0.2, -0.15) is 0 Å². The van der Waals surface area contributed by atoms with Crippen LogP contribution in [0.4, 0.5) is 10.5 Å². The fourth-order valence-electron chi connectivity index (χ4n) is 4.34. The molecule has 0 aromatic heterocycles. The largest absolute Gasteiger partial charge is 0.478 e. The fraction of sp³-hybridized carbons (Fsp3) is 0.222. The lowest BCUT2D eigenvalue weighted by Gasteiger charge is -2.19. The van der Waals surface area contributed by atoms with E-state index in [9.17, 15) is 19.5 Å². The van der Waals surface area contributed by atoms with Gasteiger partial charge in [0.15, 0.2) is 0 Å². The molecule has 35 heavy (non-hydrogen) atoms. The molecule has 7 nitrogen and oxygen atoms in total. The first kappa shape index (κ1) is 24.3. The lowest BCUT2D eigenvalue weighted by atomic mass is 9.98. The number of carboxylic acids is 1. The maximum absolute atomic E-state index is 12.6. The molecule has 2 amide bonds. The predicted molar refractivity (Wildman–Crippen MR) is 134 cm³/mol. The van der Waals surface area contributed by atoms with Gasteiger partial charge in [0.2, 0.25) is 5.91 Å². The van der Waals surface area contributed by atoms with E-state index in [1.807, 2.05) is 43.3 Å². The molecule has 3 aromatic carbocycles. The molecule has 4 rings (SSSR count). The Balaban J connectivity index is 1.36. The van der Waals surface area contributed by atoms with Gasteiger partial charge in [0, 0.05) is 23.4 Å². The molecule has 0 bridgehead atoms. The van der Waals surface area contributed by atoms with Gasteiger partial charge >= 0.3 is 12.1 Å². The van der Waals surface area contributed by atoms with E-state index >= 15 is 0 Å². The first-order valence-electron chi connectivity index (χ1n) is 11.3. The van der Waals surface area contributed by atoms with E-state index in [0.29, 0.717) is 11.4 Å². The quantitative estimate of drug-likeness (QED) is 0.375. The summed E-state index contributed by atoms with van der Waals surface area (Å²) in [5.41, 5.74) is 4.54. The average molecular weight is 493 g/mol. The number of alkyl carbamates (subject to hydrolysis) is 1. The minimum absolute atomic E-state index is 0.0493. The van der Waals surface area contributed by atoms with Gasteiger partial charge in [-0.05, 0) is 46.9 Å². The summed E-state index contributed by atoms with van der Waals surface area (Å²) in [6, 6.07) is 19.8. The van der Waals surface area contributed by atoms with Gasteiger partial charge < -0.3 is 20.5 Å². The molecular weight excluding hydrogens is 468 g/mol. The number of halogens is 1. The first-order chi connectivity index (χ1) is 16.9. The summed E-state index contributed by atoms with van der Waals surface area (Å²) in [5, 5.41) is 14.9. The number of rotatable bonds is 8. The summed E-state index contributed by atoms with van der Waals surface area (Å²) in [4.78, 5) is 36.5. The van der Waals surface area contributed by atoms with Gasteiger partial charge in [-0.25, -0.2) is 9.59 Å². The molecule has 0 spiro atoms. The minimum Gasteiger partial charge on any atom is -0.478 e. The van der Waals surface area contributed by atoms with Crippen LogP contribution in [0.5, 0.6) is 0 Å². The van der Waals surface area contributed by atoms with Crippen LogP contribution in [0.25, 0.3) is 11.1 Å². The highest BCUT2D eigenvalue weighted by Crippen LogP contribution is 2.44. The number of aromatic carboxylic acids is 1. The second-order valence-corrected chi connectivity index (χ2v) is 8.76. The molecule has 8 heteroatoms. The molecule has 0 saturated heterocycles. The summed E-state index contributed by atoms with van der Waals surface area (Å²) in [5.74, 6) is -1.69. The number of amides is 2. The van der Waals surface area contributed by atoms with Crippen LogP contribution in [-0.2, 0) is 9.53 Å². The van der Waals surface area contributed by atoms with Crippen LogP contribution < -0.4 is 10.6 Å². The number of hydrogen-bond donors (Lipinski definition) is 3. The Kier molecular flexibility index (Phi) is 7.36. The number of benzene rings is 3. The van der Waals surface area contributed by atoms with Crippen molar-refractivity contribution in [1.82, 2.24) is 5.32 Å². The molecule has 0 saturated carbocycles. The lowest BCUT2D eigenvalue weighted by Crippen LogP contribution is -2.38. The number of carbonyl (C=O) groups excluding carboxylic acids is 2. The van der Waals surface area contributed by atoms with Crippen molar-refractivity contribution < 1.29 is 24.2 Å². The molecule has 0 radical (unpaired) electrons. The van der Waals surface area contributed by atoms with Crippen molar-refractivity contribution in [3.63, 3.8) is 0 Å². The van der Waals surface area contributed by atoms with Gasteiger partial charge in [0.1, 0.15) is 6.61 Å². The second-order valence-electron chi connectivity index (χ2n) is 8.32. The zero-order valence-corrected chi connectivity index (χ0v) is 19.8. The van der Waals surface area contributed by atoms with Crippen molar-refractivity contribution in [1.29, 1.82) is 0 Å². The van der Waals surface area contributed by atoms with Crippen molar-refractivity contribution in [2.24, 2.45) is 0 Å². The van der Waals surface area contributed by atoms with Crippen molar-refractivity contribution in [3.05, 3.63) is 88.4 Å². The molecule has 0 fully saturated rings. The Hall–Kier alpha value is -3.84. The molecule has 0 aliphatic heterocycles. The maximum atomic E-state index is 12.6. The van der Waals surface area contributed by atoms with Crippen molar-refractivity contribution in [2.45, 2.75) is 31.7 Å². The average Bonchev–Trinajstić information content (AvgIpc) is 3.16. The van der Waals surface area contributed by atoms with Crippen molar-refractivity contribution in [2.75, 3.05) is 11.9 Å². The van der Waals surface area contributed by atoms with Gasteiger partial charge in [-0.3, -0.25) is 4.79 Å². The van der Waals surface area contributed by atoms with E-state index in [2.05, 4.69) is 22.8 Å². The Morgan fingerprint density at radius 3 is 2.23 bits per heavy atom. The fourth-order valence-corrected chi connectivity index (χ4v) is 4.51. The SMILES string of the molecule is CC[C@@H](CC(=O)Nc1cc(Cl)ccc1C(=O)O)NC(=O)OCC1c2ccccc2-c2ccccc21. The molecule has 0 heterocycles. The van der Waals surface area contributed by atoms with Crippen LogP contribution in [0.15, 0.2) is 66.7 Å². The molecule has 0 unspecified atom stereocenters. The topological polar surface area (TPSA) is 105 Å². The zero-order chi connectivity index (χ0) is 24.9. The smallest absolute Gasteiger partial charge is 0.407 e. The van der Waals surface area contributed by atoms with E-state index in [1.165, 1.54) is 18.2 Å². The van der Waals surface area contributed by atoms with Crippen LogP contribution in [0.3, 0.4) is 0 Å². The zero-order valence-electron chi connectivity index (χ0n) is 19.1. The summed E-state index contributed by atoms with van der Waals surface area (Å²) in [7, 11) is 0. The molecule has 1 aliphatic carbocycles. The van der Waals surface area contributed by atoms with Crippen LogP contribution in [-0.4, -0.2) is 35.7 Å². The van der Waals surface area contributed by atoms with Crippen LogP contribution in [0.1, 0.15) is 47.2 Å². The lowest BCUT2D eigenvalue weighted by molar-refractivity contribution is -0.116. The highest BCUT2D eigenvalue weighted by Gasteiger charge is 2.29. The Morgan fingerprint density at radius 2 is 1.63 bits per heavy atom. The van der Waals surface area contributed by atoms with Crippen LogP contribution in [0, 0.1) is 0 Å². The Morgan fingerprint density at radius 1 is 1.00 bits per heavy atom. The summed E-state index contributed by atoms with van der Waals surface area (Å²) in [6.45, 7) is 2.01. The number of carboxylic acid groups (broad SMARTS) is 1. The minimum atomic E-state index is -1.18. The van der Waals surface area contributed by atoms with Crippen molar-refractivity contribution in [3.8, 4) is 11.1 Å². The van der Waals surface area contributed by atoms with E-state index in [-0.39, 0.29) is 30.2 Å². The maximum Gasteiger partial charge on any atom is 0.407 e. The van der Waals surface area contributed by atoms with E-state index in [0.717, 1.165) is 22.3 Å². The van der Waals surface area contributed by atoms with Gasteiger partial charge in [-0.15, -0.1) is 0 Å². The predicted octanol–water partition coefficient (Wildman–Crippen LogP) is 5.68. The van der Waals surface area contributed by atoms with Crippen LogP contribution in [0.2, 0.25) is 5.02 Å². The highest BCUT2D eigenvalue weighted by molar-refractivity contribution is 6.31. The summed E-state index contributed by atoms with van der Waals surface area (Å²) in [6.07, 6.45) is -0.175. The number of carbonyl (C=O) groups is 3. The third-order valence-electron chi connectivity index (χ3n) is 6.08. The second kappa shape index (κ2) is 10.6. The monoisotopic (exact) mass is 492 g/mol. The summed E-state index contributed by atoms with van der Waals surface area (Å²) >= 11 is 5.94. The molecule has 1 aliphatic rings. The Bertz CT molecular complexity index is 1230. The van der Waals surface area contributed by atoms with Gasteiger partial charge in [0.05, 0.1) is 11.3 Å². The van der Waals surface area contributed by atoms with E-state index in [1.54, 1.807) is 0 Å². The van der Waals surface area contributed by atoms with Gasteiger partial charge in [-0.1, -0.05) is 67.1 Å². The van der Waals surface area contributed by atoms with Crippen LogP contribution >= 0.6 is 11.6 Å². The third-order valence-corrected chi connectivity index (χ3v) is 6.31. The number of anilines is 1. The van der Waals surface area contributed by atoms with E-state index in [4.69, 9.17) is 16.3 Å². The number of hydrogen-bond acceptors (Lipinski definition) is 4. The Labute approximate surface area is 208 Å². The first-order valence-corrected chi connectivity index (χ1v) is 11.7. The molecule has 1 atom stereocenters. The molecule has 180 valence electrons. The highest BCUT2D eigenvalue weighted by atomic mass is 35.5. The number of fused-ring (bicyclic) bond motifs is 3. The number of nitrogens with one attached hydrogen (secondary N) is 2.